The summed E-state index contributed by atoms with van der Waals surface area (Å²) in [5, 5.41) is 3.40. The average Bonchev–Trinajstić information content (AvgIpc) is 2.41. The zero-order chi connectivity index (χ0) is 14.5. The van der Waals surface area contributed by atoms with E-state index in [-0.39, 0.29) is 12.1 Å². The highest BCUT2D eigenvalue weighted by Crippen LogP contribution is 2.28. The van der Waals surface area contributed by atoms with Crippen molar-refractivity contribution in [3.63, 3.8) is 0 Å². The fraction of sp³-hybridized carbons (Fsp3) is 0.294. The minimum Gasteiger partial charge on any atom is -0.491 e. The molecule has 0 spiro atoms. The zero-order valence-electron chi connectivity index (χ0n) is 12.1. The van der Waals surface area contributed by atoms with E-state index in [2.05, 4.69) is 64.3 Å². The molecule has 3 heteroatoms. The van der Waals surface area contributed by atoms with Crippen molar-refractivity contribution < 1.29 is 4.74 Å². The van der Waals surface area contributed by atoms with Crippen molar-refractivity contribution >= 4 is 22.6 Å². The summed E-state index contributed by atoms with van der Waals surface area (Å²) >= 11 is 2.38. The minimum absolute atomic E-state index is 0.179. The van der Waals surface area contributed by atoms with Crippen molar-refractivity contribution in [1.29, 1.82) is 0 Å². The van der Waals surface area contributed by atoms with E-state index >= 15 is 0 Å². The van der Waals surface area contributed by atoms with Crippen LogP contribution in [0.2, 0.25) is 0 Å². The molecule has 0 saturated carbocycles. The maximum Gasteiger partial charge on any atom is 0.120 e. The molecule has 0 radical (unpaired) electrons. The van der Waals surface area contributed by atoms with Gasteiger partial charge in [-0.3, -0.25) is 0 Å². The summed E-state index contributed by atoms with van der Waals surface area (Å²) in [7, 11) is 1.99. The van der Waals surface area contributed by atoms with Gasteiger partial charge in [-0.25, -0.2) is 0 Å². The number of benzene rings is 2. The van der Waals surface area contributed by atoms with Crippen LogP contribution in [0.4, 0.5) is 0 Å². The van der Waals surface area contributed by atoms with Crippen molar-refractivity contribution in [1.82, 2.24) is 5.32 Å². The summed E-state index contributed by atoms with van der Waals surface area (Å²) in [5.74, 6) is 0.920. The van der Waals surface area contributed by atoms with Gasteiger partial charge in [0, 0.05) is 3.57 Å². The monoisotopic (exact) mass is 381 g/mol. The number of hydrogen-bond donors (Lipinski definition) is 1. The van der Waals surface area contributed by atoms with Gasteiger partial charge in [0.05, 0.1) is 12.1 Å². The molecule has 2 aromatic carbocycles. The lowest BCUT2D eigenvalue weighted by Crippen LogP contribution is -2.19. The van der Waals surface area contributed by atoms with E-state index in [0.717, 1.165) is 5.75 Å². The Bertz CT molecular complexity index is 568. The van der Waals surface area contributed by atoms with Crippen molar-refractivity contribution in [2.45, 2.75) is 26.0 Å². The summed E-state index contributed by atoms with van der Waals surface area (Å²) in [6.45, 7) is 4.09. The summed E-state index contributed by atoms with van der Waals surface area (Å²) in [6, 6.07) is 16.9. The maximum absolute atomic E-state index is 5.79. The summed E-state index contributed by atoms with van der Waals surface area (Å²) in [5.41, 5.74) is 2.51. The SMILES string of the molecule is CNC(c1cccc(OC(C)C)c1)c1ccccc1I. The molecule has 0 aromatic heterocycles. The molecular weight excluding hydrogens is 361 g/mol. The smallest absolute Gasteiger partial charge is 0.120 e. The predicted octanol–water partition coefficient (Wildman–Crippen LogP) is 4.39. The molecule has 0 aliphatic rings. The molecule has 0 bridgehead atoms. The Morgan fingerprint density at radius 2 is 1.80 bits per heavy atom. The lowest BCUT2D eigenvalue weighted by molar-refractivity contribution is 0.242. The third kappa shape index (κ3) is 3.73. The van der Waals surface area contributed by atoms with Crippen LogP contribution in [0.3, 0.4) is 0 Å². The highest BCUT2D eigenvalue weighted by Gasteiger charge is 2.15. The van der Waals surface area contributed by atoms with E-state index in [4.69, 9.17) is 4.74 Å². The van der Waals surface area contributed by atoms with E-state index in [9.17, 15) is 0 Å². The van der Waals surface area contributed by atoms with Crippen LogP contribution in [0.25, 0.3) is 0 Å². The Kier molecular flexibility index (Phi) is 5.43. The second-order valence-electron chi connectivity index (χ2n) is 4.98. The van der Waals surface area contributed by atoms with Crippen molar-refractivity contribution in [2.75, 3.05) is 7.05 Å². The molecule has 106 valence electrons. The third-order valence-electron chi connectivity index (χ3n) is 3.07. The van der Waals surface area contributed by atoms with Gasteiger partial charge in [-0.05, 0) is 72.8 Å². The summed E-state index contributed by atoms with van der Waals surface area (Å²) in [6.07, 6.45) is 0.190. The molecule has 0 heterocycles. The van der Waals surface area contributed by atoms with Crippen molar-refractivity contribution in [2.24, 2.45) is 0 Å². The quantitative estimate of drug-likeness (QED) is 0.776. The van der Waals surface area contributed by atoms with Crippen LogP contribution in [0, 0.1) is 3.57 Å². The molecule has 0 saturated heterocycles. The minimum atomic E-state index is 0.179. The predicted molar refractivity (Wildman–Crippen MR) is 92.3 cm³/mol. The van der Waals surface area contributed by atoms with E-state index < -0.39 is 0 Å². The second kappa shape index (κ2) is 7.09. The van der Waals surface area contributed by atoms with E-state index in [0.29, 0.717) is 0 Å². The molecule has 0 aliphatic carbocycles. The molecule has 0 fully saturated rings. The van der Waals surface area contributed by atoms with Gasteiger partial charge in [-0.15, -0.1) is 0 Å². The number of halogens is 1. The largest absolute Gasteiger partial charge is 0.491 e. The molecule has 0 amide bonds. The zero-order valence-corrected chi connectivity index (χ0v) is 14.2. The maximum atomic E-state index is 5.79. The Morgan fingerprint density at radius 1 is 1.05 bits per heavy atom. The van der Waals surface area contributed by atoms with Gasteiger partial charge in [0.1, 0.15) is 5.75 Å². The lowest BCUT2D eigenvalue weighted by atomic mass is 9.99. The molecule has 1 N–H and O–H groups in total. The molecule has 1 atom stereocenters. The molecular formula is C17H20INO. The third-order valence-corrected chi connectivity index (χ3v) is 4.05. The molecule has 2 aromatic rings. The standard InChI is InChI=1S/C17H20INO/c1-12(2)20-14-8-6-7-13(11-14)17(19-3)15-9-4-5-10-16(15)18/h4-12,17,19H,1-3H3. The first-order valence-electron chi connectivity index (χ1n) is 6.80. The van der Waals surface area contributed by atoms with E-state index in [1.54, 1.807) is 0 Å². The van der Waals surface area contributed by atoms with Crippen LogP contribution in [-0.2, 0) is 0 Å². The highest BCUT2D eigenvalue weighted by molar-refractivity contribution is 14.1. The van der Waals surface area contributed by atoms with E-state index in [1.165, 1.54) is 14.7 Å². The highest BCUT2D eigenvalue weighted by atomic mass is 127. The fourth-order valence-electron chi connectivity index (χ4n) is 2.25. The Labute approximate surface area is 134 Å². The van der Waals surface area contributed by atoms with Crippen LogP contribution < -0.4 is 10.1 Å². The Morgan fingerprint density at radius 3 is 2.45 bits per heavy atom. The van der Waals surface area contributed by atoms with Gasteiger partial charge in [0.2, 0.25) is 0 Å². The molecule has 20 heavy (non-hydrogen) atoms. The molecule has 0 aliphatic heterocycles. The summed E-state index contributed by atoms with van der Waals surface area (Å²) in [4.78, 5) is 0. The molecule has 1 unspecified atom stereocenters. The second-order valence-corrected chi connectivity index (χ2v) is 6.14. The average molecular weight is 381 g/mol. The van der Waals surface area contributed by atoms with Gasteiger partial charge >= 0.3 is 0 Å². The normalized spacial score (nSPS) is 12.4. The summed E-state index contributed by atoms with van der Waals surface area (Å²) < 4.78 is 7.05. The lowest BCUT2D eigenvalue weighted by Gasteiger charge is -2.20. The number of hydrogen-bond acceptors (Lipinski definition) is 2. The molecule has 2 nitrogen and oxygen atoms in total. The first kappa shape index (κ1) is 15.3. The van der Waals surface area contributed by atoms with Crippen molar-refractivity contribution in [3.8, 4) is 5.75 Å². The Balaban J connectivity index is 2.35. The van der Waals surface area contributed by atoms with Crippen molar-refractivity contribution in [3.05, 3.63) is 63.2 Å². The van der Waals surface area contributed by atoms with E-state index in [1.807, 2.05) is 33.0 Å². The van der Waals surface area contributed by atoms with Gasteiger partial charge in [-0.1, -0.05) is 30.3 Å². The van der Waals surface area contributed by atoms with Gasteiger partial charge in [0.25, 0.3) is 0 Å². The van der Waals surface area contributed by atoms with Gasteiger partial charge < -0.3 is 10.1 Å². The first-order chi connectivity index (χ1) is 9.61. The van der Waals surface area contributed by atoms with Crippen LogP contribution in [0.1, 0.15) is 31.0 Å². The van der Waals surface area contributed by atoms with Crippen LogP contribution in [0.5, 0.6) is 5.75 Å². The van der Waals surface area contributed by atoms with Gasteiger partial charge in [0.15, 0.2) is 0 Å². The van der Waals surface area contributed by atoms with Crippen LogP contribution in [0.15, 0.2) is 48.5 Å². The van der Waals surface area contributed by atoms with Gasteiger partial charge in [-0.2, -0.15) is 0 Å². The number of rotatable bonds is 5. The van der Waals surface area contributed by atoms with Crippen LogP contribution in [-0.4, -0.2) is 13.2 Å². The fourth-order valence-corrected chi connectivity index (χ4v) is 2.95. The first-order valence-corrected chi connectivity index (χ1v) is 7.88. The topological polar surface area (TPSA) is 21.3 Å². The number of ether oxygens (including phenoxy) is 1. The Hall–Kier alpha value is -1.07. The van der Waals surface area contributed by atoms with Crippen LogP contribution >= 0.6 is 22.6 Å². The number of nitrogens with one attached hydrogen (secondary N) is 1. The molecule has 2 rings (SSSR count).